The molecule has 0 bridgehead atoms. The van der Waals surface area contributed by atoms with Crippen LogP contribution in [0.25, 0.3) is 0 Å². The van der Waals surface area contributed by atoms with Gasteiger partial charge in [0.1, 0.15) is 5.75 Å². The predicted molar refractivity (Wildman–Crippen MR) is 129 cm³/mol. The second kappa shape index (κ2) is 9.95. The molecule has 1 aliphatic rings. The molecule has 7 nitrogen and oxygen atoms in total. The van der Waals surface area contributed by atoms with Crippen molar-refractivity contribution in [1.82, 2.24) is 0 Å². The Morgan fingerprint density at radius 1 is 1.03 bits per heavy atom. The normalized spacial score (nSPS) is 15.4. The number of nitrogens with zero attached hydrogens (tertiary/aromatic N) is 2. The van der Waals surface area contributed by atoms with Gasteiger partial charge >= 0.3 is 0 Å². The molecule has 1 fully saturated rings. The first-order valence-electron chi connectivity index (χ1n) is 10.5. The quantitative estimate of drug-likeness (QED) is 0.493. The van der Waals surface area contributed by atoms with Crippen LogP contribution in [0.5, 0.6) is 17.2 Å². The number of amides is 2. The third kappa shape index (κ3) is 4.80. The lowest BCUT2D eigenvalue weighted by atomic mass is 10.1. The van der Waals surface area contributed by atoms with Crippen LogP contribution in [0, 0.1) is 5.92 Å². The molecule has 0 N–H and O–H groups in total. The Hall–Kier alpha value is -3.52. The Kier molecular flexibility index (Phi) is 6.84. The van der Waals surface area contributed by atoms with E-state index >= 15 is 0 Å². The van der Waals surface area contributed by atoms with Crippen molar-refractivity contribution in [2.75, 3.05) is 37.7 Å². The lowest BCUT2D eigenvalue weighted by Crippen LogP contribution is -2.37. The fourth-order valence-corrected chi connectivity index (χ4v) is 4.65. The second-order valence-corrected chi connectivity index (χ2v) is 8.68. The number of hydrogen-bond acceptors (Lipinski definition) is 6. The summed E-state index contributed by atoms with van der Waals surface area (Å²) in [6.07, 6.45) is 0.157. The van der Waals surface area contributed by atoms with Gasteiger partial charge in [-0.2, -0.15) is 0 Å². The number of rotatable bonds is 8. The summed E-state index contributed by atoms with van der Waals surface area (Å²) in [4.78, 5) is 31.0. The van der Waals surface area contributed by atoms with Crippen LogP contribution in [0.1, 0.15) is 11.3 Å². The molecule has 1 atom stereocenters. The lowest BCUT2D eigenvalue weighted by molar-refractivity contribution is -0.124. The Labute approximate surface area is 197 Å². The van der Waals surface area contributed by atoms with Crippen LogP contribution in [0.4, 0.5) is 11.4 Å². The fourth-order valence-electron chi connectivity index (χ4n) is 3.95. The van der Waals surface area contributed by atoms with Crippen molar-refractivity contribution in [3.8, 4) is 17.2 Å². The average molecular weight is 467 g/mol. The molecule has 1 aliphatic heterocycles. The van der Waals surface area contributed by atoms with E-state index in [1.165, 1.54) is 0 Å². The highest BCUT2D eigenvalue weighted by Crippen LogP contribution is 2.35. The highest BCUT2D eigenvalue weighted by molar-refractivity contribution is 7.09. The van der Waals surface area contributed by atoms with Crippen molar-refractivity contribution in [1.29, 1.82) is 0 Å². The zero-order valence-corrected chi connectivity index (χ0v) is 19.6. The highest BCUT2D eigenvalue weighted by atomic mass is 32.1. The van der Waals surface area contributed by atoms with Crippen molar-refractivity contribution in [2.24, 2.45) is 5.92 Å². The van der Waals surface area contributed by atoms with Gasteiger partial charge in [-0.15, -0.1) is 11.3 Å². The molecule has 2 heterocycles. The molecule has 0 aliphatic carbocycles. The minimum absolute atomic E-state index is 0.0788. The maximum absolute atomic E-state index is 13.6. The number of anilines is 2. The number of benzene rings is 2. The van der Waals surface area contributed by atoms with E-state index in [1.807, 2.05) is 41.8 Å². The molecule has 3 aromatic rings. The predicted octanol–water partition coefficient (Wildman–Crippen LogP) is 4.36. The number of carbonyl (C=O) groups excluding carboxylic acids is 2. The molecule has 8 heteroatoms. The van der Waals surface area contributed by atoms with Gasteiger partial charge in [0.25, 0.3) is 0 Å². The van der Waals surface area contributed by atoms with Gasteiger partial charge in [0, 0.05) is 35.3 Å². The van der Waals surface area contributed by atoms with E-state index < -0.39 is 5.92 Å². The molecular formula is C25H26N2O5S. The summed E-state index contributed by atoms with van der Waals surface area (Å²) < 4.78 is 15.9. The molecular weight excluding hydrogens is 440 g/mol. The Bertz CT molecular complexity index is 1110. The highest BCUT2D eigenvalue weighted by Gasteiger charge is 2.38. The van der Waals surface area contributed by atoms with Gasteiger partial charge in [-0.1, -0.05) is 6.07 Å². The number of ether oxygens (including phenoxy) is 3. The smallest absolute Gasteiger partial charge is 0.232 e. The SMILES string of the molecule is COc1ccc(N(Cc2cccs2)C(=O)C2CC(=O)N(c3ccc(OC)c(OC)c3)C2)cc1. The molecule has 0 radical (unpaired) electrons. The standard InChI is InChI=1S/C25H26N2O5S/c1-30-20-9-6-18(7-10-20)27(16-21-5-4-12-33-21)25(29)17-13-24(28)26(15-17)19-8-11-22(31-2)23(14-19)32-3/h4-12,14,17H,13,15-16H2,1-3H3. The molecule has 2 amide bonds. The number of carbonyl (C=O) groups is 2. The van der Waals surface area contributed by atoms with Crippen LogP contribution in [-0.2, 0) is 16.1 Å². The van der Waals surface area contributed by atoms with Crippen molar-refractivity contribution in [2.45, 2.75) is 13.0 Å². The van der Waals surface area contributed by atoms with Gasteiger partial charge in [0.05, 0.1) is 33.8 Å². The van der Waals surface area contributed by atoms with Gasteiger partial charge in [0.15, 0.2) is 11.5 Å². The molecule has 1 aromatic heterocycles. The van der Waals surface area contributed by atoms with Crippen LogP contribution in [0.15, 0.2) is 60.0 Å². The summed E-state index contributed by atoms with van der Waals surface area (Å²) in [6.45, 7) is 0.758. The molecule has 1 unspecified atom stereocenters. The van der Waals surface area contributed by atoms with Gasteiger partial charge in [-0.05, 0) is 47.8 Å². The van der Waals surface area contributed by atoms with E-state index in [-0.39, 0.29) is 18.2 Å². The first-order chi connectivity index (χ1) is 16.0. The number of methoxy groups -OCH3 is 3. The molecule has 0 saturated carbocycles. The monoisotopic (exact) mass is 466 g/mol. The maximum atomic E-state index is 13.6. The average Bonchev–Trinajstić information content (AvgIpc) is 3.51. The van der Waals surface area contributed by atoms with E-state index in [0.717, 1.165) is 16.3 Å². The maximum Gasteiger partial charge on any atom is 0.232 e. The summed E-state index contributed by atoms with van der Waals surface area (Å²) in [7, 11) is 4.72. The van der Waals surface area contributed by atoms with E-state index in [2.05, 4.69) is 0 Å². The van der Waals surface area contributed by atoms with E-state index in [1.54, 1.807) is 60.7 Å². The van der Waals surface area contributed by atoms with Crippen LogP contribution < -0.4 is 24.0 Å². The number of hydrogen-bond donors (Lipinski definition) is 0. The zero-order chi connectivity index (χ0) is 23.4. The minimum Gasteiger partial charge on any atom is -0.497 e. The summed E-state index contributed by atoms with van der Waals surface area (Å²) in [6, 6.07) is 16.7. The number of thiophene rings is 1. The van der Waals surface area contributed by atoms with Crippen molar-refractivity contribution < 1.29 is 23.8 Å². The molecule has 1 saturated heterocycles. The van der Waals surface area contributed by atoms with Crippen LogP contribution >= 0.6 is 11.3 Å². The first kappa shape index (κ1) is 22.7. The van der Waals surface area contributed by atoms with Crippen LogP contribution in [0.3, 0.4) is 0 Å². The third-order valence-electron chi connectivity index (χ3n) is 5.70. The molecule has 0 spiro atoms. The van der Waals surface area contributed by atoms with Gasteiger partial charge in [-0.3, -0.25) is 9.59 Å². The van der Waals surface area contributed by atoms with Crippen molar-refractivity contribution in [3.05, 3.63) is 64.9 Å². The zero-order valence-electron chi connectivity index (χ0n) is 18.8. The van der Waals surface area contributed by atoms with Crippen LogP contribution in [-0.4, -0.2) is 39.7 Å². The largest absolute Gasteiger partial charge is 0.497 e. The van der Waals surface area contributed by atoms with Crippen LogP contribution in [0.2, 0.25) is 0 Å². The Morgan fingerprint density at radius 2 is 1.79 bits per heavy atom. The van der Waals surface area contributed by atoms with Crippen molar-refractivity contribution in [3.63, 3.8) is 0 Å². The topological polar surface area (TPSA) is 68.3 Å². The fraction of sp³-hybridized carbons (Fsp3) is 0.280. The Morgan fingerprint density at radius 3 is 2.42 bits per heavy atom. The third-order valence-corrected chi connectivity index (χ3v) is 6.56. The van der Waals surface area contributed by atoms with E-state index in [0.29, 0.717) is 30.3 Å². The summed E-state index contributed by atoms with van der Waals surface area (Å²) in [5, 5.41) is 1.99. The summed E-state index contributed by atoms with van der Waals surface area (Å²) >= 11 is 1.60. The van der Waals surface area contributed by atoms with E-state index in [4.69, 9.17) is 14.2 Å². The lowest BCUT2D eigenvalue weighted by Gasteiger charge is -2.26. The van der Waals surface area contributed by atoms with Crippen molar-refractivity contribution >= 4 is 34.5 Å². The Balaban J connectivity index is 1.58. The summed E-state index contributed by atoms with van der Waals surface area (Å²) in [5.74, 6) is 1.22. The molecule has 2 aromatic carbocycles. The summed E-state index contributed by atoms with van der Waals surface area (Å²) in [5.41, 5.74) is 1.45. The second-order valence-electron chi connectivity index (χ2n) is 7.65. The first-order valence-corrected chi connectivity index (χ1v) is 11.4. The molecule has 4 rings (SSSR count). The van der Waals surface area contributed by atoms with Gasteiger partial charge < -0.3 is 24.0 Å². The molecule has 172 valence electrons. The minimum atomic E-state index is -0.451. The van der Waals surface area contributed by atoms with Gasteiger partial charge in [-0.25, -0.2) is 0 Å². The van der Waals surface area contributed by atoms with E-state index in [9.17, 15) is 9.59 Å². The molecule has 33 heavy (non-hydrogen) atoms. The van der Waals surface area contributed by atoms with Gasteiger partial charge in [0.2, 0.25) is 11.8 Å².